The lowest BCUT2D eigenvalue weighted by atomic mass is 9.96. The molecule has 0 saturated carbocycles. The number of carbonyl (C=O) groups is 3. The average molecular weight is 377 g/mol. The number of urea groups is 1. The fourth-order valence-electron chi connectivity index (χ4n) is 3.55. The van der Waals surface area contributed by atoms with E-state index >= 15 is 0 Å². The van der Waals surface area contributed by atoms with E-state index in [-0.39, 0.29) is 17.2 Å². The number of benzene rings is 1. The number of para-hydroxylation sites is 1. The number of hydrogen-bond donors (Lipinski definition) is 3. The summed E-state index contributed by atoms with van der Waals surface area (Å²) >= 11 is 4.46. The van der Waals surface area contributed by atoms with Crippen LogP contribution in [0.1, 0.15) is 19.3 Å². The molecule has 1 aromatic carbocycles. The minimum atomic E-state index is -0.808. The van der Waals surface area contributed by atoms with Crippen LogP contribution >= 0.6 is 12.6 Å². The third-order valence-electron chi connectivity index (χ3n) is 5.01. The zero-order valence-corrected chi connectivity index (χ0v) is 15.3. The van der Waals surface area contributed by atoms with Crippen LogP contribution in [0.4, 0.5) is 10.5 Å². The molecule has 3 amide bonds. The van der Waals surface area contributed by atoms with Gasteiger partial charge in [0.15, 0.2) is 0 Å². The second-order valence-corrected chi connectivity index (χ2v) is 7.52. The van der Waals surface area contributed by atoms with Gasteiger partial charge in [-0.05, 0) is 31.4 Å². The molecule has 7 nitrogen and oxygen atoms in total. The molecule has 0 bridgehead atoms. The van der Waals surface area contributed by atoms with Crippen molar-refractivity contribution < 1.29 is 19.5 Å². The Balaban J connectivity index is 1.64. The normalized spacial score (nSPS) is 23.7. The molecular weight excluding hydrogens is 354 g/mol. The van der Waals surface area contributed by atoms with Crippen molar-refractivity contribution in [3.8, 4) is 0 Å². The Kier molecular flexibility index (Phi) is 5.70. The van der Waals surface area contributed by atoms with Crippen molar-refractivity contribution in [3.63, 3.8) is 0 Å². The van der Waals surface area contributed by atoms with Crippen molar-refractivity contribution in [3.05, 3.63) is 30.3 Å². The van der Waals surface area contributed by atoms with Crippen molar-refractivity contribution in [1.82, 2.24) is 9.80 Å². The topological polar surface area (TPSA) is 90.0 Å². The maximum Gasteiger partial charge on any atom is 0.322 e. The Morgan fingerprint density at radius 1 is 1.12 bits per heavy atom. The average Bonchev–Trinajstić information content (AvgIpc) is 3.04. The minimum Gasteiger partial charge on any atom is -0.481 e. The first-order valence-corrected chi connectivity index (χ1v) is 9.29. The zero-order chi connectivity index (χ0) is 18.7. The number of nitrogens with zero attached hydrogens (tertiary/aromatic N) is 2. The molecule has 1 aromatic rings. The van der Waals surface area contributed by atoms with E-state index in [1.165, 1.54) is 4.90 Å². The number of anilines is 1. The number of rotatable bonds is 3. The molecule has 2 N–H and O–H groups in total. The number of hydrogen-bond acceptors (Lipinski definition) is 4. The predicted octanol–water partition coefficient (Wildman–Crippen LogP) is 1.91. The molecule has 0 radical (unpaired) electrons. The second-order valence-electron chi connectivity index (χ2n) is 6.79. The minimum absolute atomic E-state index is 0.0537. The molecule has 2 atom stereocenters. The van der Waals surface area contributed by atoms with Crippen LogP contribution in [-0.4, -0.2) is 63.7 Å². The van der Waals surface area contributed by atoms with Crippen LogP contribution in [0.25, 0.3) is 0 Å². The Bertz CT molecular complexity index is 676. The fraction of sp³-hybridized carbons (Fsp3) is 0.500. The summed E-state index contributed by atoms with van der Waals surface area (Å²) in [6, 6.07) is 8.24. The molecule has 26 heavy (non-hydrogen) atoms. The van der Waals surface area contributed by atoms with Crippen molar-refractivity contribution >= 4 is 36.2 Å². The van der Waals surface area contributed by atoms with Crippen LogP contribution in [0.5, 0.6) is 0 Å². The highest BCUT2D eigenvalue weighted by Gasteiger charge is 2.41. The third kappa shape index (κ3) is 4.12. The van der Waals surface area contributed by atoms with E-state index in [0.717, 1.165) is 0 Å². The number of piperidine rings is 1. The Labute approximate surface area is 157 Å². The highest BCUT2D eigenvalue weighted by molar-refractivity contribution is 7.81. The van der Waals surface area contributed by atoms with Crippen LogP contribution in [0.2, 0.25) is 0 Å². The fourth-order valence-corrected chi connectivity index (χ4v) is 3.92. The van der Waals surface area contributed by atoms with Crippen LogP contribution in [-0.2, 0) is 9.59 Å². The summed E-state index contributed by atoms with van der Waals surface area (Å²) < 4.78 is 0. The lowest BCUT2D eigenvalue weighted by Crippen LogP contribution is -2.51. The molecule has 3 rings (SSSR count). The SMILES string of the molecule is O=C(O)C1CCN(C(=O)[C@@H]2C[C@H](S)CN2C(=O)Nc2ccccc2)CC1. The van der Waals surface area contributed by atoms with Gasteiger partial charge in [0.25, 0.3) is 0 Å². The van der Waals surface area contributed by atoms with Gasteiger partial charge in [-0.2, -0.15) is 12.6 Å². The van der Waals surface area contributed by atoms with Gasteiger partial charge >= 0.3 is 12.0 Å². The van der Waals surface area contributed by atoms with Gasteiger partial charge in [-0.3, -0.25) is 9.59 Å². The number of amides is 3. The van der Waals surface area contributed by atoms with Gasteiger partial charge in [0.05, 0.1) is 5.92 Å². The molecule has 140 valence electrons. The van der Waals surface area contributed by atoms with Crippen LogP contribution in [0.15, 0.2) is 30.3 Å². The number of carbonyl (C=O) groups excluding carboxylic acids is 2. The van der Waals surface area contributed by atoms with E-state index in [2.05, 4.69) is 17.9 Å². The Hall–Kier alpha value is -2.22. The number of nitrogens with one attached hydrogen (secondary N) is 1. The van der Waals surface area contributed by atoms with E-state index in [1.54, 1.807) is 17.0 Å². The molecule has 0 aromatic heterocycles. The molecule has 2 aliphatic rings. The first-order chi connectivity index (χ1) is 12.5. The van der Waals surface area contributed by atoms with Crippen molar-refractivity contribution in [2.24, 2.45) is 5.92 Å². The number of carboxylic acid groups (broad SMARTS) is 1. The smallest absolute Gasteiger partial charge is 0.322 e. The molecule has 2 heterocycles. The van der Waals surface area contributed by atoms with Gasteiger partial charge in [-0.15, -0.1) is 0 Å². The molecule has 2 saturated heterocycles. The largest absolute Gasteiger partial charge is 0.481 e. The van der Waals surface area contributed by atoms with E-state index < -0.39 is 17.9 Å². The Morgan fingerprint density at radius 3 is 2.38 bits per heavy atom. The number of likely N-dealkylation sites (tertiary alicyclic amines) is 2. The molecule has 2 aliphatic heterocycles. The van der Waals surface area contributed by atoms with Gasteiger partial charge in [0, 0.05) is 30.6 Å². The first kappa shape index (κ1) is 18.6. The lowest BCUT2D eigenvalue weighted by molar-refractivity contribution is -0.146. The molecule has 0 aliphatic carbocycles. The second kappa shape index (κ2) is 7.99. The summed E-state index contributed by atoms with van der Waals surface area (Å²) in [6.45, 7) is 1.24. The van der Waals surface area contributed by atoms with Gasteiger partial charge in [-0.1, -0.05) is 18.2 Å². The van der Waals surface area contributed by atoms with Crippen molar-refractivity contribution in [2.75, 3.05) is 25.0 Å². The third-order valence-corrected chi connectivity index (χ3v) is 5.38. The predicted molar refractivity (Wildman–Crippen MR) is 100 cm³/mol. The number of thiol groups is 1. The number of aliphatic carboxylic acids is 1. The molecule has 0 spiro atoms. The highest BCUT2D eigenvalue weighted by atomic mass is 32.1. The van der Waals surface area contributed by atoms with E-state index in [1.807, 2.05) is 18.2 Å². The summed E-state index contributed by atoms with van der Waals surface area (Å²) in [6.07, 6.45) is 1.41. The van der Waals surface area contributed by atoms with E-state index in [9.17, 15) is 14.4 Å². The molecule has 2 fully saturated rings. The van der Waals surface area contributed by atoms with E-state index in [0.29, 0.717) is 44.6 Å². The highest BCUT2D eigenvalue weighted by Crippen LogP contribution is 2.26. The molecule has 0 unspecified atom stereocenters. The maximum atomic E-state index is 12.9. The summed E-state index contributed by atoms with van der Waals surface area (Å²) in [5, 5.41) is 11.9. The quantitative estimate of drug-likeness (QED) is 0.702. The first-order valence-electron chi connectivity index (χ1n) is 8.78. The summed E-state index contributed by atoms with van der Waals surface area (Å²) in [5.41, 5.74) is 0.675. The Morgan fingerprint density at radius 2 is 1.77 bits per heavy atom. The zero-order valence-electron chi connectivity index (χ0n) is 14.4. The monoisotopic (exact) mass is 377 g/mol. The molecular formula is C18H23N3O4S. The van der Waals surface area contributed by atoms with Gasteiger partial charge in [-0.25, -0.2) is 4.79 Å². The standard InChI is InChI=1S/C18H23N3O4S/c22-16(20-8-6-12(7-9-20)17(23)24)15-10-14(26)11-21(15)18(25)19-13-4-2-1-3-5-13/h1-5,12,14-15,26H,6-11H2,(H,19,25)(H,23,24)/t14-,15-/m0/s1. The van der Waals surface area contributed by atoms with Crippen LogP contribution < -0.4 is 5.32 Å². The van der Waals surface area contributed by atoms with Crippen molar-refractivity contribution in [2.45, 2.75) is 30.6 Å². The van der Waals surface area contributed by atoms with E-state index in [4.69, 9.17) is 5.11 Å². The maximum absolute atomic E-state index is 12.9. The summed E-state index contributed by atoms with van der Waals surface area (Å²) in [4.78, 5) is 39.8. The van der Waals surface area contributed by atoms with Crippen LogP contribution in [0, 0.1) is 5.92 Å². The number of carboxylic acids is 1. The van der Waals surface area contributed by atoms with Gasteiger partial charge in [0.1, 0.15) is 6.04 Å². The van der Waals surface area contributed by atoms with Gasteiger partial charge in [0.2, 0.25) is 5.91 Å². The molecule has 8 heteroatoms. The van der Waals surface area contributed by atoms with Crippen LogP contribution in [0.3, 0.4) is 0 Å². The summed E-state index contributed by atoms with van der Waals surface area (Å²) in [7, 11) is 0. The van der Waals surface area contributed by atoms with Crippen molar-refractivity contribution in [1.29, 1.82) is 0 Å². The van der Waals surface area contributed by atoms with Gasteiger partial charge < -0.3 is 20.2 Å². The lowest BCUT2D eigenvalue weighted by Gasteiger charge is -2.34. The summed E-state index contributed by atoms with van der Waals surface area (Å²) in [5.74, 6) is -1.32.